The van der Waals surface area contributed by atoms with Gasteiger partial charge in [-0.05, 0) is 24.7 Å². The van der Waals surface area contributed by atoms with E-state index in [2.05, 4.69) is 13.8 Å². The van der Waals surface area contributed by atoms with Crippen LogP contribution in [0.1, 0.15) is 26.7 Å². The Kier molecular flexibility index (Phi) is 3.33. The van der Waals surface area contributed by atoms with Crippen molar-refractivity contribution in [2.45, 2.75) is 32.7 Å². The summed E-state index contributed by atoms with van der Waals surface area (Å²) in [5.74, 6) is 1.58. The van der Waals surface area contributed by atoms with Gasteiger partial charge in [0, 0.05) is 19.1 Å². The summed E-state index contributed by atoms with van der Waals surface area (Å²) in [5.41, 5.74) is 5.79. The quantitative estimate of drug-likeness (QED) is 0.682. The SMILES string of the molecule is CC1CC(C)CN(C(=O)C2C=CC(N)C2)C1. The summed E-state index contributed by atoms with van der Waals surface area (Å²) in [6.07, 6.45) is 5.97. The van der Waals surface area contributed by atoms with Gasteiger partial charge >= 0.3 is 0 Å². The zero-order chi connectivity index (χ0) is 11.7. The molecule has 0 saturated carbocycles. The minimum absolute atomic E-state index is 0.0347. The maximum atomic E-state index is 12.3. The highest BCUT2D eigenvalue weighted by molar-refractivity contribution is 5.81. The molecule has 2 rings (SSSR count). The maximum absolute atomic E-state index is 12.3. The molecule has 0 bridgehead atoms. The van der Waals surface area contributed by atoms with E-state index in [9.17, 15) is 4.79 Å². The van der Waals surface area contributed by atoms with E-state index in [4.69, 9.17) is 5.73 Å². The van der Waals surface area contributed by atoms with E-state index >= 15 is 0 Å². The van der Waals surface area contributed by atoms with E-state index in [-0.39, 0.29) is 17.9 Å². The third-order valence-electron chi connectivity index (χ3n) is 3.61. The lowest BCUT2D eigenvalue weighted by Crippen LogP contribution is -2.45. The number of nitrogens with zero attached hydrogens (tertiary/aromatic N) is 1. The summed E-state index contributed by atoms with van der Waals surface area (Å²) in [4.78, 5) is 14.3. The molecule has 1 heterocycles. The third-order valence-corrected chi connectivity index (χ3v) is 3.61. The second kappa shape index (κ2) is 4.58. The molecular weight excluding hydrogens is 200 g/mol. The predicted octanol–water partition coefficient (Wildman–Crippen LogP) is 1.39. The molecule has 0 aromatic carbocycles. The first-order chi connectivity index (χ1) is 7.56. The van der Waals surface area contributed by atoms with E-state index in [1.54, 1.807) is 0 Å². The van der Waals surface area contributed by atoms with Gasteiger partial charge in [0.15, 0.2) is 0 Å². The van der Waals surface area contributed by atoms with Crippen molar-refractivity contribution in [1.29, 1.82) is 0 Å². The highest BCUT2D eigenvalue weighted by Gasteiger charge is 2.31. The molecule has 1 saturated heterocycles. The van der Waals surface area contributed by atoms with Gasteiger partial charge in [0.05, 0.1) is 5.92 Å². The highest BCUT2D eigenvalue weighted by Crippen LogP contribution is 2.25. The molecule has 2 N–H and O–H groups in total. The topological polar surface area (TPSA) is 46.3 Å². The number of carbonyl (C=O) groups excluding carboxylic acids is 1. The normalized spacial score (nSPS) is 39.1. The van der Waals surface area contributed by atoms with Gasteiger partial charge in [0.1, 0.15) is 0 Å². The average molecular weight is 222 g/mol. The first-order valence-corrected chi connectivity index (χ1v) is 6.29. The minimum atomic E-state index is 0.0347. The number of amides is 1. The van der Waals surface area contributed by atoms with Gasteiger partial charge in [-0.1, -0.05) is 26.0 Å². The average Bonchev–Trinajstić information content (AvgIpc) is 2.62. The van der Waals surface area contributed by atoms with Crippen LogP contribution in [0.2, 0.25) is 0 Å². The van der Waals surface area contributed by atoms with Crippen molar-refractivity contribution in [3.05, 3.63) is 12.2 Å². The van der Waals surface area contributed by atoms with Gasteiger partial charge < -0.3 is 10.6 Å². The molecule has 2 aliphatic rings. The molecule has 4 unspecified atom stereocenters. The molecule has 0 aromatic rings. The second-order valence-electron chi connectivity index (χ2n) is 5.58. The van der Waals surface area contributed by atoms with Crippen LogP contribution in [0.25, 0.3) is 0 Å². The molecule has 0 radical (unpaired) electrons. The Balaban J connectivity index is 1.96. The Bertz CT molecular complexity index is 290. The van der Waals surface area contributed by atoms with Crippen LogP contribution >= 0.6 is 0 Å². The van der Waals surface area contributed by atoms with Crippen LogP contribution < -0.4 is 5.73 Å². The lowest BCUT2D eigenvalue weighted by atomic mass is 9.91. The Morgan fingerprint density at radius 3 is 2.31 bits per heavy atom. The first-order valence-electron chi connectivity index (χ1n) is 6.29. The molecule has 1 amide bonds. The van der Waals surface area contributed by atoms with Gasteiger partial charge in [0.2, 0.25) is 5.91 Å². The number of likely N-dealkylation sites (tertiary alicyclic amines) is 1. The van der Waals surface area contributed by atoms with Gasteiger partial charge in [-0.2, -0.15) is 0 Å². The summed E-state index contributed by atoms with van der Waals surface area (Å²) in [6.45, 7) is 6.30. The molecule has 0 spiro atoms. The fraction of sp³-hybridized carbons (Fsp3) is 0.769. The van der Waals surface area contributed by atoms with Crippen LogP contribution in [0, 0.1) is 17.8 Å². The number of carbonyl (C=O) groups is 1. The molecule has 1 fully saturated rings. The standard InChI is InChI=1S/C13H22N2O/c1-9-5-10(2)8-15(7-9)13(16)11-3-4-12(14)6-11/h3-4,9-12H,5-8,14H2,1-2H3. The molecule has 90 valence electrons. The van der Waals surface area contributed by atoms with E-state index in [1.807, 2.05) is 17.1 Å². The van der Waals surface area contributed by atoms with E-state index in [0.717, 1.165) is 19.5 Å². The number of nitrogens with two attached hydrogens (primary N) is 1. The molecule has 3 nitrogen and oxygen atoms in total. The van der Waals surface area contributed by atoms with Crippen LogP contribution in [0.4, 0.5) is 0 Å². The number of piperidine rings is 1. The largest absolute Gasteiger partial charge is 0.342 e. The summed E-state index contributed by atoms with van der Waals surface area (Å²) in [5, 5.41) is 0. The third kappa shape index (κ3) is 2.46. The zero-order valence-corrected chi connectivity index (χ0v) is 10.2. The summed E-state index contributed by atoms with van der Waals surface area (Å²) >= 11 is 0. The van der Waals surface area contributed by atoms with Crippen LogP contribution in [0.5, 0.6) is 0 Å². The Hall–Kier alpha value is -0.830. The maximum Gasteiger partial charge on any atom is 0.229 e. The number of hydrogen-bond acceptors (Lipinski definition) is 2. The van der Waals surface area contributed by atoms with E-state index in [0.29, 0.717) is 11.8 Å². The molecule has 16 heavy (non-hydrogen) atoms. The first kappa shape index (κ1) is 11.6. The molecule has 0 aromatic heterocycles. The van der Waals surface area contributed by atoms with Crippen LogP contribution in [-0.2, 0) is 4.79 Å². The van der Waals surface area contributed by atoms with Gasteiger partial charge in [-0.3, -0.25) is 4.79 Å². The van der Waals surface area contributed by atoms with Crippen molar-refractivity contribution in [2.75, 3.05) is 13.1 Å². The summed E-state index contributed by atoms with van der Waals surface area (Å²) in [6, 6.07) is 0.0774. The lowest BCUT2D eigenvalue weighted by Gasteiger charge is -2.36. The molecule has 1 aliphatic heterocycles. The van der Waals surface area contributed by atoms with Gasteiger partial charge in [0.25, 0.3) is 0 Å². The molecular formula is C13H22N2O. The van der Waals surface area contributed by atoms with Crippen molar-refractivity contribution >= 4 is 5.91 Å². The van der Waals surface area contributed by atoms with Crippen molar-refractivity contribution in [1.82, 2.24) is 4.90 Å². The van der Waals surface area contributed by atoms with E-state index in [1.165, 1.54) is 6.42 Å². The van der Waals surface area contributed by atoms with Crippen molar-refractivity contribution < 1.29 is 4.79 Å². The molecule has 3 heteroatoms. The molecule has 1 aliphatic carbocycles. The zero-order valence-electron chi connectivity index (χ0n) is 10.2. The predicted molar refractivity (Wildman–Crippen MR) is 64.7 cm³/mol. The fourth-order valence-electron chi connectivity index (χ4n) is 2.99. The summed E-state index contributed by atoms with van der Waals surface area (Å²) in [7, 11) is 0. The van der Waals surface area contributed by atoms with Crippen molar-refractivity contribution in [2.24, 2.45) is 23.5 Å². The van der Waals surface area contributed by atoms with E-state index < -0.39 is 0 Å². The monoisotopic (exact) mass is 222 g/mol. The molecule has 4 atom stereocenters. The number of hydrogen-bond donors (Lipinski definition) is 1. The van der Waals surface area contributed by atoms with Crippen LogP contribution in [0.15, 0.2) is 12.2 Å². The Morgan fingerprint density at radius 2 is 1.81 bits per heavy atom. The van der Waals surface area contributed by atoms with Crippen LogP contribution in [0.3, 0.4) is 0 Å². The van der Waals surface area contributed by atoms with Gasteiger partial charge in [-0.25, -0.2) is 0 Å². The van der Waals surface area contributed by atoms with Crippen molar-refractivity contribution in [3.8, 4) is 0 Å². The lowest BCUT2D eigenvalue weighted by molar-refractivity contribution is -0.136. The Morgan fingerprint density at radius 1 is 1.19 bits per heavy atom. The highest BCUT2D eigenvalue weighted by atomic mass is 16.2. The summed E-state index contributed by atoms with van der Waals surface area (Å²) < 4.78 is 0. The fourth-order valence-corrected chi connectivity index (χ4v) is 2.99. The smallest absolute Gasteiger partial charge is 0.229 e. The van der Waals surface area contributed by atoms with Crippen LogP contribution in [-0.4, -0.2) is 29.9 Å². The second-order valence-corrected chi connectivity index (χ2v) is 5.58. The number of rotatable bonds is 1. The van der Waals surface area contributed by atoms with Gasteiger partial charge in [-0.15, -0.1) is 0 Å². The minimum Gasteiger partial charge on any atom is -0.342 e. The van der Waals surface area contributed by atoms with Crippen molar-refractivity contribution in [3.63, 3.8) is 0 Å². The Labute approximate surface area is 97.7 Å².